The molecule has 0 saturated heterocycles. The van der Waals surface area contributed by atoms with Gasteiger partial charge in [-0.15, -0.1) is 22.7 Å². The number of methoxy groups -OCH3 is 2. The number of nitrogens with one attached hydrogen (secondary N) is 1. The SMILES string of the molecule is COc1ccc(C(=O)Nc2cc(-c3nc(C)cs3)sc2C)cc1OC. The van der Waals surface area contributed by atoms with Gasteiger partial charge in [0.15, 0.2) is 11.5 Å². The second kappa shape index (κ2) is 7.25. The lowest BCUT2D eigenvalue weighted by molar-refractivity contribution is 0.102. The molecule has 2 heterocycles. The van der Waals surface area contributed by atoms with E-state index in [0.29, 0.717) is 17.1 Å². The van der Waals surface area contributed by atoms with Gasteiger partial charge in [0.05, 0.1) is 24.8 Å². The van der Waals surface area contributed by atoms with Gasteiger partial charge in [-0.05, 0) is 38.1 Å². The van der Waals surface area contributed by atoms with Crippen molar-refractivity contribution in [3.8, 4) is 21.4 Å². The Labute approximate surface area is 154 Å². The first-order valence-electron chi connectivity index (χ1n) is 7.58. The van der Waals surface area contributed by atoms with Crippen LogP contribution >= 0.6 is 22.7 Å². The lowest BCUT2D eigenvalue weighted by Gasteiger charge is -2.09. The highest BCUT2D eigenvalue weighted by Crippen LogP contribution is 2.36. The zero-order valence-electron chi connectivity index (χ0n) is 14.4. The highest BCUT2D eigenvalue weighted by molar-refractivity contribution is 7.21. The van der Waals surface area contributed by atoms with Crippen molar-refractivity contribution >= 4 is 34.3 Å². The fraction of sp³-hybridized carbons (Fsp3) is 0.222. The molecule has 0 atom stereocenters. The topological polar surface area (TPSA) is 60.5 Å². The van der Waals surface area contributed by atoms with Gasteiger partial charge in [0.2, 0.25) is 0 Å². The normalized spacial score (nSPS) is 10.6. The van der Waals surface area contributed by atoms with Crippen LogP contribution in [-0.2, 0) is 0 Å². The van der Waals surface area contributed by atoms with Crippen LogP contribution in [0.25, 0.3) is 9.88 Å². The van der Waals surface area contributed by atoms with E-state index in [1.165, 1.54) is 0 Å². The van der Waals surface area contributed by atoms with Crippen LogP contribution in [-0.4, -0.2) is 25.1 Å². The first kappa shape index (κ1) is 17.4. The molecule has 0 unspecified atom stereocenters. The number of thiophene rings is 1. The van der Waals surface area contributed by atoms with E-state index in [-0.39, 0.29) is 5.91 Å². The van der Waals surface area contributed by atoms with Crippen molar-refractivity contribution in [1.29, 1.82) is 0 Å². The van der Waals surface area contributed by atoms with Crippen molar-refractivity contribution in [1.82, 2.24) is 4.98 Å². The maximum atomic E-state index is 12.6. The summed E-state index contributed by atoms with van der Waals surface area (Å²) in [5.41, 5.74) is 2.31. The van der Waals surface area contributed by atoms with E-state index in [1.807, 2.05) is 25.3 Å². The average molecular weight is 374 g/mol. The molecule has 1 aromatic carbocycles. The summed E-state index contributed by atoms with van der Waals surface area (Å²) in [6.07, 6.45) is 0. The Balaban J connectivity index is 1.83. The summed E-state index contributed by atoms with van der Waals surface area (Å²) in [6, 6.07) is 7.07. The van der Waals surface area contributed by atoms with Crippen LogP contribution < -0.4 is 14.8 Å². The van der Waals surface area contributed by atoms with E-state index in [9.17, 15) is 4.79 Å². The number of thiazole rings is 1. The Morgan fingerprint density at radius 1 is 1.12 bits per heavy atom. The fourth-order valence-electron chi connectivity index (χ4n) is 2.35. The number of anilines is 1. The van der Waals surface area contributed by atoms with Gasteiger partial charge in [-0.1, -0.05) is 0 Å². The third kappa shape index (κ3) is 3.67. The van der Waals surface area contributed by atoms with Gasteiger partial charge in [-0.3, -0.25) is 4.79 Å². The Hall–Kier alpha value is -2.38. The van der Waals surface area contributed by atoms with E-state index >= 15 is 0 Å². The van der Waals surface area contributed by atoms with Crippen LogP contribution in [0.4, 0.5) is 5.69 Å². The summed E-state index contributed by atoms with van der Waals surface area (Å²) >= 11 is 3.23. The average Bonchev–Trinajstić information content (AvgIpc) is 3.20. The number of carbonyl (C=O) groups excluding carboxylic acids is 1. The molecule has 1 amide bonds. The predicted molar refractivity (Wildman–Crippen MR) is 102 cm³/mol. The van der Waals surface area contributed by atoms with Crippen molar-refractivity contribution < 1.29 is 14.3 Å². The number of carbonyl (C=O) groups is 1. The van der Waals surface area contributed by atoms with Crippen LogP contribution in [0, 0.1) is 13.8 Å². The third-order valence-electron chi connectivity index (χ3n) is 3.64. The zero-order chi connectivity index (χ0) is 18.0. The maximum absolute atomic E-state index is 12.6. The first-order valence-corrected chi connectivity index (χ1v) is 9.27. The maximum Gasteiger partial charge on any atom is 0.255 e. The monoisotopic (exact) mass is 374 g/mol. The van der Waals surface area contributed by atoms with E-state index < -0.39 is 0 Å². The van der Waals surface area contributed by atoms with Crippen LogP contribution in [0.2, 0.25) is 0 Å². The Bertz CT molecular complexity index is 915. The lowest BCUT2D eigenvalue weighted by Crippen LogP contribution is -2.12. The number of hydrogen-bond donors (Lipinski definition) is 1. The van der Waals surface area contributed by atoms with E-state index in [2.05, 4.69) is 10.3 Å². The molecule has 3 aromatic rings. The first-order chi connectivity index (χ1) is 12.0. The molecule has 130 valence electrons. The number of nitrogens with zero attached hydrogens (tertiary/aromatic N) is 1. The molecule has 0 saturated carbocycles. The highest BCUT2D eigenvalue weighted by Gasteiger charge is 2.15. The van der Waals surface area contributed by atoms with Gasteiger partial charge >= 0.3 is 0 Å². The van der Waals surface area contributed by atoms with E-state index in [1.54, 1.807) is 55.1 Å². The summed E-state index contributed by atoms with van der Waals surface area (Å²) in [5, 5.41) is 5.95. The van der Waals surface area contributed by atoms with Gasteiger partial charge in [0.1, 0.15) is 5.01 Å². The Morgan fingerprint density at radius 2 is 1.88 bits per heavy atom. The van der Waals surface area contributed by atoms with Gasteiger partial charge in [0, 0.05) is 21.5 Å². The van der Waals surface area contributed by atoms with Crippen molar-refractivity contribution in [3.63, 3.8) is 0 Å². The second-order valence-corrected chi connectivity index (χ2v) is 7.51. The molecule has 0 aliphatic heterocycles. The number of rotatable bonds is 5. The van der Waals surface area contributed by atoms with Crippen molar-refractivity contribution in [3.05, 3.63) is 45.8 Å². The molecular formula is C18H18N2O3S2. The molecule has 0 spiro atoms. The molecular weight excluding hydrogens is 356 g/mol. The molecule has 0 fully saturated rings. The molecule has 0 radical (unpaired) electrons. The van der Waals surface area contributed by atoms with E-state index in [4.69, 9.17) is 9.47 Å². The Kier molecular flexibility index (Phi) is 5.06. The number of amides is 1. The molecule has 2 aromatic heterocycles. The largest absolute Gasteiger partial charge is 0.493 e. The summed E-state index contributed by atoms with van der Waals surface area (Å²) < 4.78 is 10.5. The number of aryl methyl sites for hydroxylation is 2. The van der Waals surface area contributed by atoms with Crippen molar-refractivity contribution in [2.75, 3.05) is 19.5 Å². The van der Waals surface area contributed by atoms with Crippen molar-refractivity contribution in [2.45, 2.75) is 13.8 Å². The van der Waals surface area contributed by atoms with Gasteiger partial charge in [0.25, 0.3) is 5.91 Å². The van der Waals surface area contributed by atoms with Crippen LogP contribution in [0.5, 0.6) is 11.5 Å². The molecule has 25 heavy (non-hydrogen) atoms. The molecule has 3 rings (SSSR count). The molecule has 5 nitrogen and oxygen atoms in total. The van der Waals surface area contributed by atoms with Crippen LogP contribution in [0.1, 0.15) is 20.9 Å². The summed E-state index contributed by atoms with van der Waals surface area (Å²) in [6.45, 7) is 3.96. The molecule has 0 bridgehead atoms. The second-order valence-electron chi connectivity index (χ2n) is 5.40. The fourth-order valence-corrected chi connectivity index (χ4v) is 4.19. The third-order valence-corrected chi connectivity index (χ3v) is 5.82. The minimum Gasteiger partial charge on any atom is -0.493 e. The zero-order valence-corrected chi connectivity index (χ0v) is 16.0. The number of ether oxygens (including phenoxy) is 2. The molecule has 1 N–H and O–H groups in total. The number of benzene rings is 1. The van der Waals surface area contributed by atoms with Crippen LogP contribution in [0.15, 0.2) is 29.6 Å². The number of aromatic nitrogens is 1. The quantitative estimate of drug-likeness (QED) is 0.699. The summed E-state index contributed by atoms with van der Waals surface area (Å²) in [7, 11) is 3.11. The standard InChI is InChI=1S/C18H18N2O3S2/c1-10-9-24-18(19-10)16-8-13(11(2)25-16)20-17(21)12-5-6-14(22-3)15(7-12)23-4/h5-9H,1-4H3,(H,20,21). The summed E-state index contributed by atoms with van der Waals surface area (Å²) in [4.78, 5) is 19.2. The number of hydrogen-bond acceptors (Lipinski definition) is 6. The van der Waals surface area contributed by atoms with Crippen LogP contribution in [0.3, 0.4) is 0 Å². The minimum absolute atomic E-state index is 0.191. The molecule has 7 heteroatoms. The lowest BCUT2D eigenvalue weighted by atomic mass is 10.2. The Morgan fingerprint density at radius 3 is 2.52 bits per heavy atom. The van der Waals surface area contributed by atoms with Gasteiger partial charge < -0.3 is 14.8 Å². The highest BCUT2D eigenvalue weighted by atomic mass is 32.1. The smallest absolute Gasteiger partial charge is 0.255 e. The van der Waals surface area contributed by atoms with E-state index in [0.717, 1.165) is 26.1 Å². The van der Waals surface area contributed by atoms with Gasteiger partial charge in [-0.25, -0.2) is 4.98 Å². The van der Waals surface area contributed by atoms with Gasteiger partial charge in [-0.2, -0.15) is 0 Å². The van der Waals surface area contributed by atoms with Crippen molar-refractivity contribution in [2.24, 2.45) is 0 Å². The molecule has 0 aliphatic carbocycles. The predicted octanol–water partition coefficient (Wildman–Crippen LogP) is 4.76. The minimum atomic E-state index is -0.191. The molecule has 0 aliphatic rings. The summed E-state index contributed by atoms with van der Waals surface area (Å²) in [5.74, 6) is 0.923.